The molecule has 28 heteroatoms. The van der Waals surface area contributed by atoms with Crippen molar-refractivity contribution in [2.24, 2.45) is 10.8 Å². The number of carboxylic acid groups (broad SMARTS) is 7. The van der Waals surface area contributed by atoms with Crippen LogP contribution in [-0.2, 0) is 47.9 Å². The van der Waals surface area contributed by atoms with Gasteiger partial charge in [-0.05, 0) is 63.2 Å². The summed E-state index contributed by atoms with van der Waals surface area (Å²) in [5.74, 6) is -14.2. The Kier molecular flexibility index (Phi) is 43.0. The second-order valence-electron chi connectivity index (χ2n) is 16.9. The van der Waals surface area contributed by atoms with Gasteiger partial charge in [0.25, 0.3) is 0 Å². The van der Waals surface area contributed by atoms with Crippen molar-refractivity contribution in [2.45, 2.75) is 128 Å². The van der Waals surface area contributed by atoms with E-state index in [1.807, 2.05) is 0 Å². The maximum absolute atomic E-state index is 13.6. The number of aliphatic carboxylic acids is 7. The Morgan fingerprint density at radius 1 is 0.507 bits per heavy atom. The van der Waals surface area contributed by atoms with Crippen molar-refractivity contribution < 1.29 is 242 Å². The first-order valence-electron chi connectivity index (χ1n) is 21.6. The van der Waals surface area contributed by atoms with Crippen LogP contribution in [0.3, 0.4) is 0 Å². The summed E-state index contributed by atoms with van der Waals surface area (Å²) in [6.07, 6.45) is 6.11. The van der Waals surface area contributed by atoms with Gasteiger partial charge in [0.1, 0.15) is 12.1 Å². The van der Waals surface area contributed by atoms with Crippen molar-refractivity contribution in [3.63, 3.8) is 0 Å². The molecule has 0 aliphatic heterocycles. The number of carbonyl (C=O) groups excluding carboxylic acids is 10. The molecule has 2 bridgehead atoms. The molecule has 3 amide bonds. The second-order valence-corrected chi connectivity index (χ2v) is 16.9. The molecule has 0 aromatic heterocycles. The third-order valence-corrected chi connectivity index (χ3v) is 12.2. The van der Waals surface area contributed by atoms with Crippen LogP contribution in [0.5, 0.6) is 0 Å². The van der Waals surface area contributed by atoms with Crippen LogP contribution in [0.2, 0.25) is 0 Å². The monoisotopic (exact) mass is 1160 g/mol. The van der Waals surface area contributed by atoms with Gasteiger partial charge in [0, 0.05) is 108 Å². The van der Waals surface area contributed by atoms with Crippen LogP contribution in [0.1, 0.15) is 110 Å². The van der Waals surface area contributed by atoms with E-state index in [0.717, 1.165) is 54.7 Å². The molecule has 367 valence electrons. The van der Waals surface area contributed by atoms with E-state index in [2.05, 4.69) is 22.9 Å². The molecule has 3 unspecified atom stereocenters. The van der Waals surface area contributed by atoms with Gasteiger partial charge in [-0.2, -0.15) is 0 Å². The van der Waals surface area contributed by atoms with Crippen LogP contribution in [-0.4, -0.2) is 151 Å². The Hall–Kier alpha value is -0.0953. The van der Waals surface area contributed by atoms with Crippen LogP contribution in [0.4, 0.5) is 0 Å². The molecule has 3 saturated carbocycles. The van der Waals surface area contributed by atoms with E-state index in [1.54, 1.807) is 0 Å². The van der Waals surface area contributed by atoms with E-state index in [9.17, 15) is 83.7 Å². The topological polar surface area (TPSA) is 378 Å². The number of hydrogen-bond acceptors (Lipinski definition) is 20. The van der Waals surface area contributed by atoms with Crippen LogP contribution >= 0.6 is 0 Å². The van der Waals surface area contributed by atoms with E-state index in [4.69, 9.17) is 0 Å². The van der Waals surface area contributed by atoms with Crippen LogP contribution in [0, 0.1) is 50.8 Å². The first-order chi connectivity index (χ1) is 30.1. The van der Waals surface area contributed by atoms with E-state index < -0.39 is 128 Å². The molecule has 69 heavy (non-hydrogen) atoms. The molecule has 3 rings (SSSR count). The van der Waals surface area contributed by atoms with Gasteiger partial charge >= 0.3 is 158 Å². The largest absolute Gasteiger partial charge is 3.00 e. The van der Waals surface area contributed by atoms with E-state index in [0.29, 0.717) is 19.3 Å². The van der Waals surface area contributed by atoms with Gasteiger partial charge in [-0.15, -0.1) is 0 Å². The van der Waals surface area contributed by atoms with Crippen LogP contribution < -0.4 is 170 Å². The molecule has 0 saturated heterocycles. The van der Waals surface area contributed by atoms with Gasteiger partial charge in [0.15, 0.2) is 0 Å². The number of nitrogens with one attached hydrogen (secondary N) is 3. The standard InChI is InChI=1S/C41H66N6O17.Gd.4Na/c1-2-3-5-8-40-9-12-41(13-10-40,14-11-40)39(64)44-29(22-32(52)53)38(63)43-28(21-31(50)51)37(62)42-15-6-4-7-27(20-30(48)49)47(18-16-45(23-33(54)55)24-34(56)57)19-17-46(25-35(58)59)26-36(60)61;;;;;/h27-29H,2-26H2,1H3,(H,42,62)(H,43,63)(H,44,64)(H,48,49)(H,50,51)(H,52,53)(H,54,55)(H,56,57)(H,58,59)(H,60,61);;;;;/q;+3;4*+1/p-7. The molecule has 3 aliphatic rings. The van der Waals surface area contributed by atoms with Crippen LogP contribution in [0.15, 0.2) is 0 Å². The Labute approximate surface area is 522 Å². The third kappa shape index (κ3) is 30.2. The summed E-state index contributed by atoms with van der Waals surface area (Å²) < 4.78 is 0. The maximum atomic E-state index is 13.6. The maximum Gasteiger partial charge on any atom is 3.00 e. The summed E-state index contributed by atoms with van der Waals surface area (Å²) in [4.78, 5) is 124. The van der Waals surface area contributed by atoms with E-state index >= 15 is 0 Å². The summed E-state index contributed by atoms with van der Waals surface area (Å²) in [6, 6.07) is -4.44. The first-order valence-corrected chi connectivity index (χ1v) is 21.6. The summed E-state index contributed by atoms with van der Waals surface area (Å²) >= 11 is 0. The Balaban J connectivity index is -0.00000422. The molecule has 3 N–H and O–H groups in total. The number of carboxylic acids is 7. The SMILES string of the molecule is CCCCCC12CCC(C(=O)NC(CC(=O)[O-])C(=O)NC(CC(=O)[O-])C(=O)NCCCCC(CC(=O)[O-])N(CCN(CC(=O)[O-])CC(=O)[O-])CCN(CC(=O)[O-])CC(=O)[O-])(CC1)CC2.[Gd+3].[Na+].[Na+].[Na+].[Na+]. The fraction of sp³-hybridized carbons (Fsp3) is 0.756. The number of fused-ring (bicyclic) bond motifs is 3. The summed E-state index contributed by atoms with van der Waals surface area (Å²) in [7, 11) is 0. The summed E-state index contributed by atoms with van der Waals surface area (Å²) in [6.45, 7) is -2.48. The third-order valence-electron chi connectivity index (χ3n) is 12.2. The van der Waals surface area contributed by atoms with E-state index in [1.165, 1.54) is 4.90 Å². The van der Waals surface area contributed by atoms with Gasteiger partial charge in [-0.25, -0.2) is 0 Å². The minimum absolute atomic E-state index is 0. The summed E-state index contributed by atoms with van der Waals surface area (Å²) in [5.41, 5.74) is -0.645. The zero-order chi connectivity index (χ0) is 48.0. The van der Waals surface area contributed by atoms with Crippen molar-refractivity contribution in [3.05, 3.63) is 0 Å². The molecule has 3 atom stereocenters. The normalized spacial score (nSPS) is 18.0. The number of carbonyl (C=O) groups is 10. The Morgan fingerprint density at radius 3 is 1.32 bits per heavy atom. The number of unbranched alkanes of at least 4 members (excludes halogenated alkanes) is 3. The molecule has 3 aliphatic carbocycles. The molecular weight excluding hydrogens is 1100 g/mol. The quantitative estimate of drug-likeness (QED) is 0.0392. The van der Waals surface area contributed by atoms with Crippen molar-refractivity contribution in [1.82, 2.24) is 30.7 Å². The molecule has 3 fully saturated rings. The Bertz CT molecular complexity index is 1590. The number of amides is 3. The van der Waals surface area contributed by atoms with Crippen molar-refractivity contribution in [2.75, 3.05) is 58.9 Å². The van der Waals surface area contributed by atoms with Crippen molar-refractivity contribution in [3.8, 4) is 0 Å². The average Bonchev–Trinajstić information content (AvgIpc) is 3.19. The van der Waals surface area contributed by atoms with Crippen molar-refractivity contribution >= 4 is 59.5 Å². The zero-order valence-corrected chi connectivity index (χ0v) is 50.8. The van der Waals surface area contributed by atoms with Crippen LogP contribution in [0.25, 0.3) is 0 Å². The molecular formula is C41H59GdN6Na4O17. The van der Waals surface area contributed by atoms with E-state index in [-0.39, 0.29) is 216 Å². The van der Waals surface area contributed by atoms with Gasteiger partial charge in [0.05, 0.1) is 23.9 Å². The molecule has 0 aromatic carbocycles. The Morgan fingerprint density at radius 2 is 0.928 bits per heavy atom. The summed E-state index contributed by atoms with van der Waals surface area (Å²) in [5, 5.41) is 87.2. The fourth-order valence-electron chi connectivity index (χ4n) is 8.69. The molecule has 0 spiro atoms. The van der Waals surface area contributed by atoms with Gasteiger partial charge in [-0.3, -0.25) is 29.1 Å². The van der Waals surface area contributed by atoms with Gasteiger partial charge in [-0.1, -0.05) is 32.6 Å². The first kappa shape index (κ1) is 75.4. The van der Waals surface area contributed by atoms with Crippen molar-refractivity contribution in [1.29, 1.82) is 0 Å². The molecule has 1 radical (unpaired) electrons. The molecule has 23 nitrogen and oxygen atoms in total. The number of hydrogen-bond donors (Lipinski definition) is 3. The molecule has 0 heterocycles. The predicted octanol–water partition coefficient (Wildman–Crippen LogP) is -21.1. The predicted molar refractivity (Wildman–Crippen MR) is 205 cm³/mol. The second kappa shape index (κ2) is 39.3. The smallest absolute Gasteiger partial charge is 0.550 e. The average molecular weight is 1160 g/mol. The molecule has 0 aromatic rings. The number of nitrogens with zero attached hydrogens (tertiary/aromatic N) is 3. The fourth-order valence-corrected chi connectivity index (χ4v) is 8.69. The number of rotatable bonds is 35. The minimum atomic E-state index is -1.78. The minimum Gasteiger partial charge on any atom is -0.550 e. The zero-order valence-electron chi connectivity index (χ0n) is 40.5. The van der Waals surface area contributed by atoms with Gasteiger partial charge in [0.2, 0.25) is 17.7 Å². The van der Waals surface area contributed by atoms with Gasteiger partial charge < -0.3 is 85.3 Å².